The zero-order valence-corrected chi connectivity index (χ0v) is 18.6. The molecule has 0 aromatic carbocycles. The van der Waals surface area contributed by atoms with Crippen LogP contribution in [0.1, 0.15) is 40.0 Å². The lowest BCUT2D eigenvalue weighted by atomic mass is 9.85. The van der Waals surface area contributed by atoms with E-state index in [0.717, 1.165) is 44.5 Å². The molecule has 1 saturated carbocycles. The summed E-state index contributed by atoms with van der Waals surface area (Å²) < 4.78 is 0. The summed E-state index contributed by atoms with van der Waals surface area (Å²) in [7, 11) is 0. The van der Waals surface area contributed by atoms with E-state index in [9.17, 15) is 9.59 Å². The van der Waals surface area contributed by atoms with Gasteiger partial charge in [-0.05, 0) is 57.4 Å². The molecule has 0 aromatic rings. The van der Waals surface area contributed by atoms with Gasteiger partial charge >= 0.3 is 0 Å². The van der Waals surface area contributed by atoms with Crippen LogP contribution in [0.15, 0.2) is 17.1 Å². The number of rotatable bonds is 7. The van der Waals surface area contributed by atoms with Crippen molar-refractivity contribution in [2.24, 2.45) is 34.6 Å². The zero-order valence-electron chi connectivity index (χ0n) is 18.6. The first-order valence-electron chi connectivity index (χ1n) is 11.8. The van der Waals surface area contributed by atoms with Crippen LogP contribution < -0.4 is 10.6 Å². The summed E-state index contributed by atoms with van der Waals surface area (Å²) in [5.41, 5.74) is 0. The maximum Gasteiger partial charge on any atom is 0.233 e. The van der Waals surface area contributed by atoms with Crippen LogP contribution in [0.4, 0.5) is 0 Å². The van der Waals surface area contributed by atoms with E-state index in [4.69, 9.17) is 4.99 Å². The van der Waals surface area contributed by atoms with Gasteiger partial charge in [0.1, 0.15) is 0 Å². The number of nitrogens with one attached hydrogen (secondary N) is 2. The van der Waals surface area contributed by atoms with Crippen LogP contribution in [0.5, 0.6) is 0 Å². The molecule has 4 rings (SSSR count). The lowest BCUT2D eigenvalue weighted by Gasteiger charge is -2.35. The van der Waals surface area contributed by atoms with E-state index in [2.05, 4.69) is 41.5 Å². The van der Waals surface area contributed by atoms with E-state index in [1.165, 1.54) is 17.7 Å². The third-order valence-electron chi connectivity index (χ3n) is 7.36. The van der Waals surface area contributed by atoms with Gasteiger partial charge < -0.3 is 10.6 Å². The normalized spacial score (nSPS) is 34.6. The number of imide groups is 1. The van der Waals surface area contributed by atoms with E-state index in [1.54, 1.807) is 0 Å². The molecular formula is C23H37N5O2. The van der Waals surface area contributed by atoms with Crippen LogP contribution in [0.3, 0.4) is 0 Å². The van der Waals surface area contributed by atoms with Gasteiger partial charge in [-0.2, -0.15) is 0 Å². The molecule has 0 aromatic heterocycles. The molecule has 2 N–H and O–H groups in total. The Morgan fingerprint density at radius 1 is 1.20 bits per heavy atom. The number of carbonyl (C=O) groups is 2. The lowest BCUT2D eigenvalue weighted by molar-refractivity contribution is -0.140. The van der Waals surface area contributed by atoms with E-state index in [1.807, 2.05) is 6.92 Å². The second-order valence-electron chi connectivity index (χ2n) is 9.57. The van der Waals surface area contributed by atoms with Gasteiger partial charge in [0.05, 0.1) is 18.4 Å². The first-order valence-corrected chi connectivity index (χ1v) is 11.8. The van der Waals surface area contributed by atoms with E-state index in [-0.39, 0.29) is 35.5 Å². The molecule has 0 spiro atoms. The molecule has 0 radical (unpaired) electrons. The van der Waals surface area contributed by atoms with Crippen molar-refractivity contribution >= 4 is 17.8 Å². The van der Waals surface area contributed by atoms with Crippen LogP contribution in [0.25, 0.3) is 0 Å². The molecule has 2 aliphatic carbocycles. The predicted molar refractivity (Wildman–Crippen MR) is 118 cm³/mol. The van der Waals surface area contributed by atoms with E-state index in [0.29, 0.717) is 19.1 Å². The summed E-state index contributed by atoms with van der Waals surface area (Å²) >= 11 is 0. The standard InChI is InChI=1S/C23H37N5O2/c1-4-24-23(26-13-16(3)27-10-5-6-15(2)14-27)25-9-11-28-21(29)19-17-7-8-18(12-17)20(19)22(28)30/h7-8,15-20H,4-6,9-14H2,1-3H3,(H2,24,25,26). The van der Waals surface area contributed by atoms with Gasteiger partial charge in [0, 0.05) is 32.2 Å². The summed E-state index contributed by atoms with van der Waals surface area (Å²) in [6, 6.07) is 0.410. The van der Waals surface area contributed by atoms with Crippen LogP contribution in [0, 0.1) is 29.6 Å². The quantitative estimate of drug-likeness (QED) is 0.285. The summed E-state index contributed by atoms with van der Waals surface area (Å²) in [4.78, 5) is 34.4. The fourth-order valence-electron chi connectivity index (χ4n) is 5.78. The van der Waals surface area contributed by atoms with Crippen molar-refractivity contribution in [2.75, 3.05) is 39.3 Å². The number of aliphatic imine (C=N–C) groups is 1. The number of nitrogens with zero attached hydrogens (tertiary/aromatic N) is 3. The third kappa shape index (κ3) is 4.13. The van der Waals surface area contributed by atoms with Crippen molar-refractivity contribution in [3.8, 4) is 0 Å². The van der Waals surface area contributed by atoms with Crippen LogP contribution in [0.2, 0.25) is 0 Å². The predicted octanol–water partition coefficient (Wildman–Crippen LogP) is 1.47. The highest BCUT2D eigenvalue weighted by Crippen LogP contribution is 2.52. The summed E-state index contributed by atoms with van der Waals surface area (Å²) in [5, 5.41) is 6.60. The summed E-state index contributed by atoms with van der Waals surface area (Å²) in [5.74, 6) is 1.90. The van der Waals surface area contributed by atoms with Crippen molar-refractivity contribution in [1.82, 2.24) is 20.4 Å². The van der Waals surface area contributed by atoms with Gasteiger partial charge in [0.15, 0.2) is 5.96 Å². The third-order valence-corrected chi connectivity index (χ3v) is 7.36. The fraction of sp³-hybridized carbons (Fsp3) is 0.783. The monoisotopic (exact) mass is 415 g/mol. The Balaban J connectivity index is 1.27. The average molecular weight is 416 g/mol. The number of piperidine rings is 1. The minimum absolute atomic E-state index is 0.0263. The van der Waals surface area contributed by atoms with Crippen molar-refractivity contribution < 1.29 is 9.59 Å². The number of likely N-dealkylation sites (tertiary alicyclic amines) is 2. The number of fused-ring (bicyclic) bond motifs is 5. The highest BCUT2D eigenvalue weighted by molar-refractivity contribution is 6.06. The van der Waals surface area contributed by atoms with Gasteiger partial charge in [-0.25, -0.2) is 0 Å². The Bertz CT molecular complexity index is 690. The van der Waals surface area contributed by atoms with Gasteiger partial charge in [0.2, 0.25) is 11.8 Å². The number of allylic oxidation sites excluding steroid dienone is 2. The smallest absolute Gasteiger partial charge is 0.233 e. The van der Waals surface area contributed by atoms with Gasteiger partial charge in [0.25, 0.3) is 0 Å². The number of carbonyl (C=O) groups excluding carboxylic acids is 2. The molecule has 7 heteroatoms. The van der Waals surface area contributed by atoms with Gasteiger partial charge in [-0.1, -0.05) is 19.1 Å². The Morgan fingerprint density at radius 2 is 1.90 bits per heavy atom. The minimum Gasteiger partial charge on any atom is -0.357 e. The number of amides is 2. The zero-order chi connectivity index (χ0) is 21.3. The summed E-state index contributed by atoms with van der Waals surface area (Å²) in [6.07, 6.45) is 7.84. The number of guanidine groups is 1. The molecule has 2 saturated heterocycles. The Hall–Kier alpha value is -1.89. The maximum atomic E-state index is 12.8. The Labute approximate surface area is 180 Å². The highest BCUT2D eigenvalue weighted by Gasteiger charge is 2.58. The molecule has 2 bridgehead atoms. The molecule has 7 nitrogen and oxygen atoms in total. The van der Waals surface area contributed by atoms with E-state index < -0.39 is 0 Å². The molecule has 6 unspecified atom stereocenters. The molecule has 30 heavy (non-hydrogen) atoms. The number of hydrogen-bond donors (Lipinski definition) is 2. The van der Waals surface area contributed by atoms with Crippen molar-refractivity contribution in [1.29, 1.82) is 0 Å². The van der Waals surface area contributed by atoms with Gasteiger partial charge in [-0.3, -0.25) is 24.4 Å². The van der Waals surface area contributed by atoms with Crippen molar-refractivity contribution in [3.63, 3.8) is 0 Å². The first-order chi connectivity index (χ1) is 14.5. The van der Waals surface area contributed by atoms with Crippen LogP contribution >= 0.6 is 0 Å². The van der Waals surface area contributed by atoms with Crippen molar-refractivity contribution in [2.45, 2.75) is 46.1 Å². The highest BCUT2D eigenvalue weighted by atomic mass is 16.2. The van der Waals surface area contributed by atoms with E-state index >= 15 is 0 Å². The maximum absolute atomic E-state index is 12.8. The van der Waals surface area contributed by atoms with Crippen molar-refractivity contribution in [3.05, 3.63) is 12.2 Å². The molecule has 2 aliphatic heterocycles. The molecule has 166 valence electrons. The molecule has 3 fully saturated rings. The Morgan fingerprint density at radius 3 is 2.53 bits per heavy atom. The molecule has 2 heterocycles. The van der Waals surface area contributed by atoms with Crippen LogP contribution in [-0.4, -0.2) is 72.9 Å². The summed E-state index contributed by atoms with van der Waals surface area (Å²) in [6.45, 7) is 11.4. The minimum atomic E-state index is -0.109. The lowest BCUT2D eigenvalue weighted by Crippen LogP contribution is -2.45. The largest absolute Gasteiger partial charge is 0.357 e. The second kappa shape index (κ2) is 9.08. The average Bonchev–Trinajstić information content (AvgIpc) is 3.41. The van der Waals surface area contributed by atoms with Crippen LogP contribution in [-0.2, 0) is 9.59 Å². The Kier molecular flexibility index (Phi) is 6.46. The second-order valence-corrected chi connectivity index (χ2v) is 9.57. The fourth-order valence-corrected chi connectivity index (χ4v) is 5.78. The SMILES string of the molecule is CCNC(=NCC(C)N1CCCC(C)C1)NCCN1C(=O)C2C3C=CC(C3)C2C1=O. The molecule has 4 aliphatic rings. The molecule has 2 amide bonds. The number of hydrogen-bond acceptors (Lipinski definition) is 4. The molecular weight excluding hydrogens is 378 g/mol. The topological polar surface area (TPSA) is 77.0 Å². The van der Waals surface area contributed by atoms with Gasteiger partial charge in [-0.15, -0.1) is 0 Å². The molecule has 6 atom stereocenters. The first kappa shape index (κ1) is 21.3.